The molecular formula is C22H26N4O2S. The fourth-order valence-corrected chi connectivity index (χ4v) is 5.66. The average Bonchev–Trinajstić information content (AvgIpc) is 3.18. The molecule has 0 atom stereocenters. The van der Waals surface area contributed by atoms with Gasteiger partial charge in [0.2, 0.25) is 0 Å². The SMILES string of the molecule is CCn1cc(-c2ccc(S(=O)(=O)N3CCN(C)c4cccc(C)c43)c(C)c2)cn1. The van der Waals surface area contributed by atoms with Crippen LogP contribution in [0.4, 0.5) is 11.4 Å². The summed E-state index contributed by atoms with van der Waals surface area (Å²) >= 11 is 0. The first-order valence-electron chi connectivity index (χ1n) is 9.80. The molecule has 0 unspecified atom stereocenters. The minimum atomic E-state index is -3.66. The summed E-state index contributed by atoms with van der Waals surface area (Å²) in [5, 5.41) is 4.31. The summed E-state index contributed by atoms with van der Waals surface area (Å²) in [5.41, 5.74) is 5.37. The molecule has 1 aromatic heterocycles. The number of para-hydroxylation sites is 1. The minimum absolute atomic E-state index is 0.350. The predicted molar refractivity (Wildman–Crippen MR) is 117 cm³/mol. The van der Waals surface area contributed by atoms with E-state index in [4.69, 9.17) is 0 Å². The fraction of sp³-hybridized carbons (Fsp3) is 0.318. The molecule has 0 N–H and O–H groups in total. The third-order valence-corrected chi connectivity index (χ3v) is 7.51. The number of aromatic nitrogens is 2. The van der Waals surface area contributed by atoms with Gasteiger partial charge in [0.25, 0.3) is 10.0 Å². The second kappa shape index (κ2) is 7.22. The molecule has 0 radical (unpaired) electrons. The highest BCUT2D eigenvalue weighted by molar-refractivity contribution is 7.93. The number of sulfonamides is 1. The third kappa shape index (κ3) is 3.29. The highest BCUT2D eigenvalue weighted by Crippen LogP contribution is 2.39. The molecule has 1 aliphatic heterocycles. The van der Waals surface area contributed by atoms with Crippen LogP contribution >= 0.6 is 0 Å². The zero-order valence-electron chi connectivity index (χ0n) is 17.3. The highest BCUT2D eigenvalue weighted by atomic mass is 32.2. The summed E-state index contributed by atoms with van der Waals surface area (Å²) in [7, 11) is -1.67. The maximum atomic E-state index is 13.6. The van der Waals surface area contributed by atoms with Gasteiger partial charge in [0.05, 0.1) is 29.0 Å². The number of likely N-dealkylation sites (N-methyl/N-ethyl adjacent to an activating group) is 1. The summed E-state index contributed by atoms with van der Waals surface area (Å²) in [6.07, 6.45) is 3.79. The fourth-order valence-electron chi connectivity index (χ4n) is 3.91. The summed E-state index contributed by atoms with van der Waals surface area (Å²) in [5.74, 6) is 0. The number of anilines is 2. The standard InChI is InChI=1S/C22H26N4O2S/c1-5-25-15-19(14-23-25)18-9-10-21(17(3)13-18)29(27,28)26-12-11-24(4)20-8-6-7-16(2)22(20)26/h6-10,13-15H,5,11-12H2,1-4H3. The third-order valence-electron chi connectivity index (χ3n) is 5.55. The second-order valence-corrected chi connectivity index (χ2v) is 9.34. The van der Waals surface area contributed by atoms with Crippen molar-refractivity contribution in [1.29, 1.82) is 0 Å². The minimum Gasteiger partial charge on any atom is -0.371 e. The van der Waals surface area contributed by atoms with Crippen LogP contribution in [0.3, 0.4) is 0 Å². The molecule has 0 saturated carbocycles. The molecule has 3 aromatic rings. The molecule has 2 aromatic carbocycles. The van der Waals surface area contributed by atoms with Crippen molar-refractivity contribution in [3.05, 3.63) is 59.9 Å². The van der Waals surface area contributed by atoms with Gasteiger partial charge < -0.3 is 4.90 Å². The van der Waals surface area contributed by atoms with Crippen LogP contribution < -0.4 is 9.21 Å². The van der Waals surface area contributed by atoms with Crippen molar-refractivity contribution in [2.24, 2.45) is 0 Å². The smallest absolute Gasteiger partial charge is 0.264 e. The molecule has 1 aliphatic rings. The van der Waals surface area contributed by atoms with Crippen LogP contribution in [-0.4, -0.2) is 38.3 Å². The van der Waals surface area contributed by atoms with E-state index in [0.717, 1.165) is 40.2 Å². The van der Waals surface area contributed by atoms with Gasteiger partial charge in [-0.05, 0) is 55.7 Å². The van der Waals surface area contributed by atoms with Crippen molar-refractivity contribution in [2.45, 2.75) is 32.2 Å². The first-order chi connectivity index (χ1) is 13.8. The summed E-state index contributed by atoms with van der Waals surface area (Å²) in [4.78, 5) is 2.46. The van der Waals surface area contributed by atoms with Gasteiger partial charge >= 0.3 is 0 Å². The van der Waals surface area contributed by atoms with E-state index in [9.17, 15) is 8.42 Å². The molecule has 2 heterocycles. The van der Waals surface area contributed by atoms with E-state index in [1.54, 1.807) is 10.4 Å². The monoisotopic (exact) mass is 410 g/mol. The maximum absolute atomic E-state index is 13.6. The zero-order valence-corrected chi connectivity index (χ0v) is 18.1. The molecule has 6 nitrogen and oxygen atoms in total. The Hall–Kier alpha value is -2.80. The number of benzene rings is 2. The van der Waals surface area contributed by atoms with Crippen molar-refractivity contribution in [3.63, 3.8) is 0 Å². The van der Waals surface area contributed by atoms with Gasteiger partial charge in [-0.15, -0.1) is 0 Å². The van der Waals surface area contributed by atoms with Gasteiger partial charge in [0.15, 0.2) is 0 Å². The second-order valence-electron chi connectivity index (χ2n) is 7.51. The lowest BCUT2D eigenvalue weighted by Crippen LogP contribution is -2.43. The molecule has 4 rings (SSSR count). The average molecular weight is 411 g/mol. The van der Waals surface area contributed by atoms with Gasteiger partial charge in [-0.3, -0.25) is 8.99 Å². The van der Waals surface area contributed by atoms with Gasteiger partial charge in [-0.2, -0.15) is 5.10 Å². The van der Waals surface area contributed by atoms with Crippen LogP contribution in [0.5, 0.6) is 0 Å². The van der Waals surface area contributed by atoms with E-state index < -0.39 is 10.0 Å². The summed E-state index contributed by atoms with van der Waals surface area (Å²) in [6, 6.07) is 11.4. The number of hydrogen-bond donors (Lipinski definition) is 0. The molecule has 29 heavy (non-hydrogen) atoms. The lowest BCUT2D eigenvalue weighted by atomic mass is 10.1. The van der Waals surface area contributed by atoms with Crippen LogP contribution in [0, 0.1) is 13.8 Å². The Labute approximate surface area is 172 Å². The first-order valence-corrected chi connectivity index (χ1v) is 11.2. The van der Waals surface area contributed by atoms with Crippen LogP contribution in [-0.2, 0) is 16.6 Å². The molecule has 0 aliphatic carbocycles. The van der Waals surface area contributed by atoms with Crippen LogP contribution in [0.15, 0.2) is 53.7 Å². The Morgan fingerprint density at radius 1 is 1.03 bits per heavy atom. The molecule has 0 amide bonds. The number of fused-ring (bicyclic) bond motifs is 1. The van der Waals surface area contributed by atoms with E-state index in [0.29, 0.717) is 18.0 Å². The van der Waals surface area contributed by atoms with Crippen molar-refractivity contribution in [1.82, 2.24) is 9.78 Å². The van der Waals surface area contributed by atoms with Crippen LogP contribution in [0.1, 0.15) is 18.1 Å². The Kier molecular flexibility index (Phi) is 4.86. The van der Waals surface area contributed by atoms with Crippen LogP contribution in [0.25, 0.3) is 11.1 Å². The van der Waals surface area contributed by atoms with Gasteiger partial charge in [-0.25, -0.2) is 8.42 Å². The van der Waals surface area contributed by atoms with Gasteiger partial charge in [0.1, 0.15) is 0 Å². The zero-order chi connectivity index (χ0) is 20.8. The largest absolute Gasteiger partial charge is 0.371 e. The van der Waals surface area contributed by atoms with E-state index in [2.05, 4.69) is 10.00 Å². The molecular weight excluding hydrogens is 384 g/mol. The van der Waals surface area contributed by atoms with Crippen molar-refractivity contribution in [3.8, 4) is 11.1 Å². The van der Waals surface area contributed by atoms with Crippen LogP contribution in [0.2, 0.25) is 0 Å². The summed E-state index contributed by atoms with van der Waals surface area (Å²) in [6.45, 7) is 7.74. The number of rotatable bonds is 4. The topological polar surface area (TPSA) is 58.4 Å². The highest BCUT2D eigenvalue weighted by Gasteiger charge is 2.33. The molecule has 0 fully saturated rings. The Bertz CT molecular complexity index is 1170. The van der Waals surface area contributed by atoms with E-state index in [-0.39, 0.29) is 0 Å². The Morgan fingerprint density at radius 2 is 1.83 bits per heavy atom. The molecule has 0 saturated heterocycles. The first kappa shape index (κ1) is 19.5. The summed E-state index contributed by atoms with van der Waals surface area (Å²) < 4.78 is 30.7. The number of aryl methyl sites for hydroxylation is 3. The Balaban J connectivity index is 1.76. The number of hydrogen-bond acceptors (Lipinski definition) is 4. The van der Waals surface area contributed by atoms with Crippen molar-refractivity contribution in [2.75, 3.05) is 29.3 Å². The number of nitrogens with zero attached hydrogens (tertiary/aromatic N) is 4. The Morgan fingerprint density at radius 3 is 2.52 bits per heavy atom. The molecule has 152 valence electrons. The van der Waals surface area contributed by atoms with E-state index >= 15 is 0 Å². The molecule has 0 spiro atoms. The quantitative estimate of drug-likeness (QED) is 0.656. The lowest BCUT2D eigenvalue weighted by Gasteiger charge is -2.37. The lowest BCUT2D eigenvalue weighted by molar-refractivity contribution is 0.588. The predicted octanol–water partition coefficient (Wildman–Crippen LogP) is 3.83. The van der Waals surface area contributed by atoms with Crippen molar-refractivity contribution < 1.29 is 8.42 Å². The molecule has 7 heteroatoms. The van der Waals surface area contributed by atoms with Crippen molar-refractivity contribution >= 4 is 21.4 Å². The molecule has 0 bridgehead atoms. The maximum Gasteiger partial charge on any atom is 0.264 e. The van der Waals surface area contributed by atoms with Gasteiger partial charge in [0, 0.05) is 31.9 Å². The van der Waals surface area contributed by atoms with E-state index in [1.165, 1.54) is 0 Å². The normalized spacial score (nSPS) is 14.2. The van der Waals surface area contributed by atoms with Gasteiger partial charge in [-0.1, -0.05) is 18.2 Å². The van der Waals surface area contributed by atoms with E-state index in [1.807, 2.05) is 75.2 Å².